The van der Waals surface area contributed by atoms with Gasteiger partial charge in [-0.1, -0.05) is 6.07 Å². The van der Waals surface area contributed by atoms with E-state index in [1.54, 1.807) is 6.07 Å². The second-order valence-corrected chi connectivity index (χ2v) is 7.51. The van der Waals surface area contributed by atoms with Crippen LogP contribution in [0.1, 0.15) is 48.9 Å². The minimum absolute atomic E-state index is 0.150. The molecule has 0 unspecified atom stereocenters. The molecule has 2 aromatic rings. The van der Waals surface area contributed by atoms with Gasteiger partial charge in [-0.15, -0.1) is 0 Å². The van der Waals surface area contributed by atoms with E-state index in [1.807, 2.05) is 18.2 Å². The van der Waals surface area contributed by atoms with E-state index < -0.39 is 11.7 Å². The van der Waals surface area contributed by atoms with Crippen LogP contribution in [-0.2, 0) is 19.7 Å². The molecule has 2 fully saturated rings. The fourth-order valence-corrected chi connectivity index (χ4v) is 3.37. The molecule has 29 heavy (non-hydrogen) atoms. The summed E-state index contributed by atoms with van der Waals surface area (Å²) in [5.74, 6) is 0.273. The maximum absolute atomic E-state index is 13.1. The first-order valence-corrected chi connectivity index (χ1v) is 9.59. The first-order valence-electron chi connectivity index (χ1n) is 9.59. The van der Waals surface area contributed by atoms with Gasteiger partial charge in [0.2, 0.25) is 5.91 Å². The third kappa shape index (κ3) is 3.36. The average Bonchev–Trinajstić information content (AvgIpc) is 3.67. The number of aromatic nitrogens is 2. The van der Waals surface area contributed by atoms with Crippen molar-refractivity contribution in [3.63, 3.8) is 0 Å². The number of nitrogens with zero attached hydrogens (tertiary/aromatic N) is 3. The Morgan fingerprint density at radius 3 is 2.72 bits per heavy atom. The lowest BCUT2D eigenvalue weighted by molar-refractivity contribution is -0.118. The van der Waals surface area contributed by atoms with Crippen LogP contribution in [0.3, 0.4) is 0 Å². The summed E-state index contributed by atoms with van der Waals surface area (Å²) in [4.78, 5) is 21.9. The van der Waals surface area contributed by atoms with Gasteiger partial charge in [0.25, 0.3) is 6.29 Å². The molecule has 2 N–H and O–H groups in total. The number of nitriles is 1. The normalized spacial score (nSPS) is 19.0. The first-order chi connectivity index (χ1) is 14.2. The molecular formula is C21H19N5O3. The summed E-state index contributed by atoms with van der Waals surface area (Å²) in [7, 11) is 0. The molecule has 3 heterocycles. The first kappa shape index (κ1) is 17.5. The molecule has 8 heteroatoms. The van der Waals surface area contributed by atoms with Gasteiger partial charge in [-0.2, -0.15) is 5.26 Å². The quantitative estimate of drug-likeness (QED) is 0.781. The second kappa shape index (κ2) is 6.78. The number of anilines is 2. The molecular weight excluding hydrogens is 370 g/mol. The minimum Gasteiger partial charge on any atom is -0.454 e. The van der Waals surface area contributed by atoms with Gasteiger partial charge >= 0.3 is 0 Å². The van der Waals surface area contributed by atoms with Crippen molar-refractivity contribution in [2.24, 2.45) is 0 Å². The molecule has 0 spiro atoms. The largest absolute Gasteiger partial charge is 0.454 e. The van der Waals surface area contributed by atoms with Crippen LogP contribution >= 0.6 is 0 Å². The maximum Gasteiger partial charge on any atom is 0.283 e. The van der Waals surface area contributed by atoms with Crippen LogP contribution in [0.25, 0.3) is 0 Å². The Hall–Kier alpha value is -3.60. The Bertz CT molecular complexity index is 1030. The monoisotopic (exact) mass is 389 g/mol. The molecule has 0 radical (unpaired) electrons. The molecule has 2 aromatic heterocycles. The zero-order chi connectivity index (χ0) is 19.8. The number of rotatable bonds is 6. The Kier molecular flexibility index (Phi) is 4.09. The average molecular weight is 389 g/mol. The van der Waals surface area contributed by atoms with Crippen molar-refractivity contribution in [3.05, 3.63) is 59.9 Å². The number of carbonyl (C=O) groups excluding carboxylic acids is 1. The smallest absolute Gasteiger partial charge is 0.283 e. The number of carbonyl (C=O) groups is 1. The van der Waals surface area contributed by atoms with Crippen molar-refractivity contribution < 1.29 is 14.3 Å². The molecule has 2 saturated carbocycles. The molecule has 1 aliphatic heterocycles. The van der Waals surface area contributed by atoms with Crippen molar-refractivity contribution in [2.45, 2.75) is 43.4 Å². The lowest BCUT2D eigenvalue weighted by Gasteiger charge is -2.17. The molecule has 2 aliphatic carbocycles. The molecule has 0 bridgehead atoms. The van der Waals surface area contributed by atoms with E-state index in [4.69, 9.17) is 9.47 Å². The van der Waals surface area contributed by atoms with Crippen LogP contribution in [0.2, 0.25) is 0 Å². The molecule has 8 nitrogen and oxygen atoms in total. The topological polar surface area (TPSA) is 109 Å². The predicted octanol–water partition coefficient (Wildman–Crippen LogP) is 3.11. The Morgan fingerprint density at radius 2 is 2.03 bits per heavy atom. The van der Waals surface area contributed by atoms with Gasteiger partial charge in [0.1, 0.15) is 30.1 Å². The number of ether oxygens (including phenoxy) is 2. The van der Waals surface area contributed by atoms with Crippen LogP contribution in [0.15, 0.2) is 43.0 Å². The van der Waals surface area contributed by atoms with E-state index in [2.05, 4.69) is 26.7 Å². The van der Waals surface area contributed by atoms with E-state index in [0.29, 0.717) is 47.3 Å². The van der Waals surface area contributed by atoms with Gasteiger partial charge in [0.05, 0.1) is 22.4 Å². The van der Waals surface area contributed by atoms with Crippen LogP contribution in [0.4, 0.5) is 11.5 Å². The molecule has 0 aromatic carbocycles. The van der Waals surface area contributed by atoms with Gasteiger partial charge in [0.15, 0.2) is 0 Å². The summed E-state index contributed by atoms with van der Waals surface area (Å²) in [5, 5.41) is 15.5. The minimum atomic E-state index is -0.679. The number of hydrogen-bond donors (Lipinski definition) is 2. The molecule has 0 saturated heterocycles. The van der Waals surface area contributed by atoms with Crippen molar-refractivity contribution in [3.8, 4) is 6.07 Å². The molecule has 5 rings (SSSR count). The van der Waals surface area contributed by atoms with Crippen molar-refractivity contribution in [2.75, 3.05) is 10.6 Å². The van der Waals surface area contributed by atoms with Crippen LogP contribution in [-0.4, -0.2) is 21.9 Å². The summed E-state index contributed by atoms with van der Waals surface area (Å²) in [6, 6.07) is 9.77. The summed E-state index contributed by atoms with van der Waals surface area (Å²) >= 11 is 0. The fraction of sp³-hybridized carbons (Fsp3) is 0.333. The number of hydrogen-bond acceptors (Lipinski definition) is 7. The Labute approximate surface area is 167 Å². The summed E-state index contributed by atoms with van der Waals surface area (Å²) < 4.78 is 10.7. The predicted molar refractivity (Wildman–Crippen MR) is 103 cm³/mol. The summed E-state index contributed by atoms with van der Waals surface area (Å²) in [6.07, 6.45) is 7.46. The molecule has 146 valence electrons. The van der Waals surface area contributed by atoms with Crippen molar-refractivity contribution in [1.29, 1.82) is 5.26 Å². The van der Waals surface area contributed by atoms with Crippen LogP contribution < -0.4 is 10.6 Å². The van der Waals surface area contributed by atoms with Crippen LogP contribution in [0.5, 0.6) is 0 Å². The number of nitrogens with one attached hydrogen (secondary N) is 2. The summed E-state index contributed by atoms with van der Waals surface area (Å²) in [5.41, 5.74) is 1.81. The van der Waals surface area contributed by atoms with Gasteiger partial charge in [0, 0.05) is 18.3 Å². The van der Waals surface area contributed by atoms with E-state index >= 15 is 0 Å². The third-order valence-electron chi connectivity index (χ3n) is 5.35. The fourth-order valence-electron chi connectivity index (χ4n) is 3.37. The Morgan fingerprint density at radius 1 is 1.24 bits per heavy atom. The molecule has 1 amide bonds. The van der Waals surface area contributed by atoms with Crippen molar-refractivity contribution in [1.82, 2.24) is 9.97 Å². The third-order valence-corrected chi connectivity index (χ3v) is 5.35. The van der Waals surface area contributed by atoms with E-state index in [0.717, 1.165) is 12.8 Å². The van der Waals surface area contributed by atoms with E-state index in [-0.39, 0.29) is 5.91 Å². The highest BCUT2D eigenvalue weighted by Crippen LogP contribution is 2.48. The van der Waals surface area contributed by atoms with E-state index in [9.17, 15) is 10.1 Å². The lowest BCUT2D eigenvalue weighted by Crippen LogP contribution is -2.29. The molecule has 0 atom stereocenters. The van der Waals surface area contributed by atoms with Crippen molar-refractivity contribution >= 4 is 17.4 Å². The zero-order valence-electron chi connectivity index (χ0n) is 15.6. The van der Waals surface area contributed by atoms with Gasteiger partial charge < -0.3 is 20.1 Å². The lowest BCUT2D eigenvalue weighted by atomic mass is 10.00. The van der Waals surface area contributed by atoms with E-state index in [1.165, 1.54) is 18.7 Å². The standard InChI is InChI=1S/C21H19N5O3/c22-11-13-12-23-18(10-16(13)24-14-4-5-14)26-20(27)21(6-7-21)17-3-1-2-15(25-17)19-28-8-9-29-19/h1-3,8-10,12,14,19H,4-7H2,(H2,23,24,26,27). The number of pyridine rings is 2. The highest BCUT2D eigenvalue weighted by Gasteiger charge is 2.53. The summed E-state index contributed by atoms with van der Waals surface area (Å²) in [6.45, 7) is 0. The highest BCUT2D eigenvalue weighted by atomic mass is 16.7. The Balaban J connectivity index is 1.35. The van der Waals surface area contributed by atoms with Gasteiger partial charge in [-0.3, -0.25) is 4.79 Å². The zero-order valence-corrected chi connectivity index (χ0v) is 15.6. The maximum atomic E-state index is 13.1. The van der Waals surface area contributed by atoms with Crippen LogP contribution in [0, 0.1) is 11.3 Å². The number of amides is 1. The highest BCUT2D eigenvalue weighted by molar-refractivity contribution is 6.00. The van der Waals surface area contributed by atoms with Gasteiger partial charge in [-0.05, 0) is 37.8 Å². The van der Waals surface area contributed by atoms with Gasteiger partial charge in [-0.25, -0.2) is 9.97 Å². The second-order valence-electron chi connectivity index (χ2n) is 7.51. The molecule has 3 aliphatic rings. The SMILES string of the molecule is N#Cc1cnc(NC(=O)C2(c3cccc(C4OC=CO4)n3)CC2)cc1NC1CC1.